The molecule has 18 heavy (non-hydrogen) atoms. The summed E-state index contributed by atoms with van der Waals surface area (Å²) in [7, 11) is 0. The van der Waals surface area contributed by atoms with Crippen molar-refractivity contribution < 1.29 is 0 Å². The summed E-state index contributed by atoms with van der Waals surface area (Å²) in [6.45, 7) is 2.05. The van der Waals surface area contributed by atoms with E-state index in [1.54, 1.807) is 12.3 Å². The third-order valence-electron chi connectivity index (χ3n) is 2.65. The Labute approximate surface area is 111 Å². The van der Waals surface area contributed by atoms with Crippen LogP contribution in [0.2, 0.25) is 5.15 Å². The number of benzene rings is 1. The van der Waals surface area contributed by atoms with Gasteiger partial charge in [0.05, 0.1) is 23.5 Å². The van der Waals surface area contributed by atoms with Gasteiger partial charge in [-0.25, -0.2) is 4.98 Å². The van der Waals surface area contributed by atoms with Crippen molar-refractivity contribution in [3.05, 3.63) is 58.9 Å². The Balaban J connectivity index is 2.09. The van der Waals surface area contributed by atoms with Gasteiger partial charge in [-0.05, 0) is 36.8 Å². The molecule has 0 saturated carbocycles. The second kappa shape index (κ2) is 5.52. The molecule has 0 amide bonds. The molecule has 3 nitrogen and oxygen atoms in total. The molecule has 1 aromatic heterocycles. The standard InChI is InChI=1S/C14H12ClN3/c1-10(12-4-2-11(8-16)3-5-12)18-13-6-7-14(15)17-9-13/h2-7,9-10,18H,1H3. The highest BCUT2D eigenvalue weighted by molar-refractivity contribution is 6.29. The maximum atomic E-state index is 8.74. The van der Waals surface area contributed by atoms with Gasteiger partial charge in [0.15, 0.2) is 0 Å². The van der Waals surface area contributed by atoms with Gasteiger partial charge in [0, 0.05) is 6.04 Å². The van der Waals surface area contributed by atoms with E-state index < -0.39 is 0 Å². The summed E-state index contributed by atoms with van der Waals surface area (Å²) in [4.78, 5) is 4.01. The van der Waals surface area contributed by atoms with Crippen LogP contribution in [-0.4, -0.2) is 4.98 Å². The van der Waals surface area contributed by atoms with Crippen LogP contribution >= 0.6 is 11.6 Å². The average Bonchev–Trinajstić information content (AvgIpc) is 2.41. The van der Waals surface area contributed by atoms with Crippen molar-refractivity contribution in [2.75, 3.05) is 5.32 Å². The Morgan fingerprint density at radius 3 is 2.50 bits per heavy atom. The Kier molecular flexibility index (Phi) is 3.81. The van der Waals surface area contributed by atoms with Crippen LogP contribution in [0, 0.1) is 11.3 Å². The molecule has 1 aromatic carbocycles. The molecule has 4 heteroatoms. The van der Waals surface area contributed by atoms with Crippen molar-refractivity contribution in [2.24, 2.45) is 0 Å². The number of anilines is 1. The molecule has 2 rings (SSSR count). The molecule has 2 aromatic rings. The molecule has 0 bridgehead atoms. The van der Waals surface area contributed by atoms with Crippen LogP contribution < -0.4 is 5.32 Å². The highest BCUT2D eigenvalue weighted by Gasteiger charge is 2.05. The molecular formula is C14H12ClN3. The first-order valence-electron chi connectivity index (χ1n) is 5.57. The fourth-order valence-electron chi connectivity index (χ4n) is 1.64. The van der Waals surface area contributed by atoms with Crippen LogP contribution in [0.25, 0.3) is 0 Å². The van der Waals surface area contributed by atoms with Crippen LogP contribution in [-0.2, 0) is 0 Å². The predicted octanol–water partition coefficient (Wildman–Crippen LogP) is 3.78. The second-order valence-electron chi connectivity index (χ2n) is 3.97. The quantitative estimate of drug-likeness (QED) is 0.852. The van der Waals surface area contributed by atoms with Crippen LogP contribution in [0.5, 0.6) is 0 Å². The van der Waals surface area contributed by atoms with Gasteiger partial charge in [0.1, 0.15) is 5.15 Å². The molecule has 0 spiro atoms. The fourth-order valence-corrected chi connectivity index (χ4v) is 1.75. The van der Waals surface area contributed by atoms with E-state index in [1.165, 1.54) is 0 Å². The number of aromatic nitrogens is 1. The number of pyridine rings is 1. The average molecular weight is 258 g/mol. The molecular weight excluding hydrogens is 246 g/mol. The van der Waals surface area contributed by atoms with Gasteiger partial charge in [-0.15, -0.1) is 0 Å². The van der Waals surface area contributed by atoms with Gasteiger partial charge in [-0.1, -0.05) is 23.7 Å². The van der Waals surface area contributed by atoms with E-state index >= 15 is 0 Å². The van der Waals surface area contributed by atoms with Crippen molar-refractivity contribution in [1.82, 2.24) is 4.98 Å². The molecule has 0 aliphatic carbocycles. The largest absolute Gasteiger partial charge is 0.377 e. The van der Waals surface area contributed by atoms with Crippen LogP contribution in [0.1, 0.15) is 24.1 Å². The summed E-state index contributed by atoms with van der Waals surface area (Å²) < 4.78 is 0. The Morgan fingerprint density at radius 2 is 1.94 bits per heavy atom. The molecule has 1 N–H and O–H groups in total. The summed E-state index contributed by atoms with van der Waals surface area (Å²) in [5, 5.41) is 12.5. The maximum Gasteiger partial charge on any atom is 0.129 e. The van der Waals surface area contributed by atoms with Crippen molar-refractivity contribution in [1.29, 1.82) is 5.26 Å². The molecule has 1 unspecified atom stereocenters. The zero-order valence-corrected chi connectivity index (χ0v) is 10.6. The molecule has 0 radical (unpaired) electrons. The van der Waals surface area contributed by atoms with Gasteiger partial charge >= 0.3 is 0 Å². The number of nitrogens with zero attached hydrogens (tertiary/aromatic N) is 2. The zero-order chi connectivity index (χ0) is 13.0. The molecule has 90 valence electrons. The molecule has 0 fully saturated rings. The van der Waals surface area contributed by atoms with Gasteiger partial charge in [0.25, 0.3) is 0 Å². The Morgan fingerprint density at radius 1 is 1.22 bits per heavy atom. The SMILES string of the molecule is CC(Nc1ccc(Cl)nc1)c1ccc(C#N)cc1. The number of rotatable bonds is 3. The third-order valence-corrected chi connectivity index (χ3v) is 2.87. The second-order valence-corrected chi connectivity index (χ2v) is 4.36. The number of hydrogen-bond donors (Lipinski definition) is 1. The van der Waals surface area contributed by atoms with Crippen LogP contribution in [0.15, 0.2) is 42.6 Å². The van der Waals surface area contributed by atoms with E-state index in [4.69, 9.17) is 16.9 Å². The van der Waals surface area contributed by atoms with Crippen molar-refractivity contribution in [3.8, 4) is 6.07 Å². The molecule has 0 aliphatic heterocycles. The van der Waals surface area contributed by atoms with E-state index in [2.05, 4.69) is 23.3 Å². The predicted molar refractivity (Wildman–Crippen MR) is 72.4 cm³/mol. The Bertz CT molecular complexity index is 555. The van der Waals surface area contributed by atoms with Crippen LogP contribution in [0.4, 0.5) is 5.69 Å². The van der Waals surface area contributed by atoms with Crippen LogP contribution in [0.3, 0.4) is 0 Å². The van der Waals surface area contributed by atoms with Crippen molar-refractivity contribution >= 4 is 17.3 Å². The topological polar surface area (TPSA) is 48.7 Å². The first-order valence-corrected chi connectivity index (χ1v) is 5.95. The summed E-state index contributed by atoms with van der Waals surface area (Å²) in [6.07, 6.45) is 1.70. The van der Waals surface area contributed by atoms with Gasteiger partial charge in [0.2, 0.25) is 0 Å². The lowest BCUT2D eigenvalue weighted by Gasteiger charge is -2.15. The summed E-state index contributed by atoms with van der Waals surface area (Å²) in [5.74, 6) is 0. The van der Waals surface area contributed by atoms with E-state index in [0.29, 0.717) is 10.7 Å². The molecule has 1 atom stereocenters. The normalized spacial score (nSPS) is 11.6. The van der Waals surface area contributed by atoms with E-state index in [9.17, 15) is 0 Å². The molecule has 0 saturated heterocycles. The van der Waals surface area contributed by atoms with Gasteiger partial charge in [-0.3, -0.25) is 0 Å². The zero-order valence-electron chi connectivity index (χ0n) is 9.89. The highest BCUT2D eigenvalue weighted by atomic mass is 35.5. The number of halogens is 1. The van der Waals surface area contributed by atoms with E-state index in [0.717, 1.165) is 11.3 Å². The minimum atomic E-state index is 0.140. The van der Waals surface area contributed by atoms with Crippen molar-refractivity contribution in [3.63, 3.8) is 0 Å². The lowest BCUT2D eigenvalue weighted by Crippen LogP contribution is -2.06. The minimum absolute atomic E-state index is 0.140. The lowest BCUT2D eigenvalue weighted by molar-refractivity contribution is 0.882. The van der Waals surface area contributed by atoms with E-state index in [1.807, 2.05) is 30.3 Å². The monoisotopic (exact) mass is 257 g/mol. The summed E-state index contributed by atoms with van der Waals surface area (Å²) in [5.41, 5.74) is 2.69. The Hall–Kier alpha value is -2.05. The van der Waals surface area contributed by atoms with Gasteiger partial charge < -0.3 is 5.32 Å². The first-order chi connectivity index (χ1) is 8.69. The van der Waals surface area contributed by atoms with Crippen molar-refractivity contribution in [2.45, 2.75) is 13.0 Å². The summed E-state index contributed by atoms with van der Waals surface area (Å²) >= 11 is 5.73. The molecule has 1 heterocycles. The van der Waals surface area contributed by atoms with Gasteiger partial charge in [-0.2, -0.15) is 5.26 Å². The highest BCUT2D eigenvalue weighted by Crippen LogP contribution is 2.19. The first kappa shape index (κ1) is 12.4. The van der Waals surface area contributed by atoms with E-state index in [-0.39, 0.29) is 6.04 Å². The molecule has 0 aliphatic rings. The lowest BCUT2D eigenvalue weighted by atomic mass is 10.1. The third kappa shape index (κ3) is 2.99. The number of nitriles is 1. The summed E-state index contributed by atoms with van der Waals surface area (Å²) in [6, 6.07) is 13.4. The maximum absolute atomic E-state index is 8.74. The minimum Gasteiger partial charge on any atom is -0.377 e. The number of hydrogen-bond acceptors (Lipinski definition) is 3. The fraction of sp³-hybridized carbons (Fsp3) is 0.143. The number of nitrogens with one attached hydrogen (secondary N) is 1. The smallest absolute Gasteiger partial charge is 0.129 e.